The molecule has 0 N–H and O–H groups in total. The monoisotopic (exact) mass is 613 g/mol. The van der Waals surface area contributed by atoms with Crippen LogP contribution in [0.2, 0.25) is 6.04 Å². The Morgan fingerprint density at radius 2 is 0.756 bits per heavy atom. The molecule has 0 aromatic heterocycles. The number of nitrogens with zero attached hydrogens (tertiary/aromatic N) is 1. The van der Waals surface area contributed by atoms with Crippen LogP contribution in [0.15, 0.2) is 121 Å². The lowest BCUT2D eigenvalue weighted by atomic mass is 9.78. The fraction of sp³-hybridized carbons (Fsp3) is 0.158. The molecule has 226 valence electrons. The summed E-state index contributed by atoms with van der Waals surface area (Å²) in [5.74, 6) is -0.607. The molecular formula is C38H35NO5Si. The summed E-state index contributed by atoms with van der Waals surface area (Å²) in [5.41, 5.74) is 7.87. The highest BCUT2D eigenvalue weighted by molar-refractivity contribution is 6.60. The zero-order chi connectivity index (χ0) is 31.4. The molecule has 5 aromatic rings. The molecular weight excluding hydrogens is 579 g/mol. The van der Waals surface area contributed by atoms with E-state index in [1.807, 2.05) is 97.1 Å². The van der Waals surface area contributed by atoms with Gasteiger partial charge in [-0.05, 0) is 39.8 Å². The summed E-state index contributed by atoms with van der Waals surface area (Å²) in [5, 5.41) is 0. The molecule has 6 rings (SSSR count). The van der Waals surface area contributed by atoms with Crippen LogP contribution in [0.25, 0.3) is 44.5 Å². The number of benzene rings is 5. The third kappa shape index (κ3) is 5.56. The van der Waals surface area contributed by atoms with Crippen molar-refractivity contribution in [1.82, 2.24) is 4.90 Å². The summed E-state index contributed by atoms with van der Waals surface area (Å²) in [6.45, 7) is 0.209. The van der Waals surface area contributed by atoms with Crippen LogP contribution in [0.1, 0.15) is 27.1 Å². The van der Waals surface area contributed by atoms with Crippen LogP contribution in [-0.2, 0) is 13.3 Å². The Labute approximate surface area is 265 Å². The van der Waals surface area contributed by atoms with Crippen molar-refractivity contribution in [2.45, 2.75) is 12.5 Å². The number of carbonyl (C=O) groups excluding carboxylic acids is 2. The number of hydrogen-bond donors (Lipinski definition) is 0. The van der Waals surface area contributed by atoms with E-state index in [2.05, 4.69) is 24.3 Å². The van der Waals surface area contributed by atoms with Gasteiger partial charge in [-0.15, -0.1) is 0 Å². The van der Waals surface area contributed by atoms with E-state index in [0.29, 0.717) is 23.6 Å². The van der Waals surface area contributed by atoms with E-state index in [0.717, 1.165) is 44.5 Å². The smallest absolute Gasteiger partial charge is 0.377 e. The molecule has 1 aliphatic heterocycles. The molecule has 1 aliphatic rings. The molecule has 2 amide bonds. The van der Waals surface area contributed by atoms with E-state index in [1.165, 1.54) is 4.90 Å². The number of rotatable bonds is 11. The number of amides is 2. The SMILES string of the molecule is CO[Si](CCCN1C(=O)c2c(c(-c3ccccc3)c(-c3ccccc3)c(-c3ccccc3)c2-c2ccccc2)C1=O)(OC)OC. The quantitative estimate of drug-likeness (QED) is 0.111. The van der Waals surface area contributed by atoms with E-state index in [1.54, 1.807) is 21.3 Å². The van der Waals surface area contributed by atoms with Crippen molar-refractivity contribution in [2.75, 3.05) is 27.9 Å². The van der Waals surface area contributed by atoms with Gasteiger partial charge in [0, 0.05) is 45.0 Å². The standard InChI is InChI=1S/C38H35NO5Si/c1-42-45(43-2,44-3)26-16-25-39-37(40)35-33(29-21-12-6-13-22-29)31(27-17-8-4-9-18-27)32(28-19-10-5-11-20-28)34(36(35)38(39)41)30-23-14-7-15-24-30/h4-15,17-24H,16,25-26H2,1-3H3. The second kappa shape index (κ2) is 13.1. The molecule has 0 saturated heterocycles. The first-order chi connectivity index (χ1) is 22.0. The van der Waals surface area contributed by atoms with Gasteiger partial charge in [0.2, 0.25) is 0 Å². The maximum Gasteiger partial charge on any atom is 0.500 e. The number of carbonyl (C=O) groups is 2. The van der Waals surface area contributed by atoms with Crippen molar-refractivity contribution >= 4 is 20.6 Å². The van der Waals surface area contributed by atoms with Gasteiger partial charge in [0.1, 0.15) is 0 Å². The first kappa shape index (κ1) is 30.4. The van der Waals surface area contributed by atoms with E-state index in [9.17, 15) is 9.59 Å². The molecule has 6 nitrogen and oxygen atoms in total. The Kier molecular flexibility index (Phi) is 8.87. The molecule has 0 aliphatic carbocycles. The summed E-state index contributed by atoms with van der Waals surface area (Å²) in [6.07, 6.45) is 0.478. The van der Waals surface area contributed by atoms with Crippen LogP contribution in [0.5, 0.6) is 0 Å². The molecule has 7 heteroatoms. The summed E-state index contributed by atoms with van der Waals surface area (Å²) in [7, 11) is 1.80. The topological polar surface area (TPSA) is 65.1 Å². The Morgan fingerprint density at radius 3 is 1.04 bits per heavy atom. The fourth-order valence-corrected chi connectivity index (χ4v) is 8.03. The van der Waals surface area contributed by atoms with E-state index in [-0.39, 0.29) is 18.4 Å². The van der Waals surface area contributed by atoms with Gasteiger partial charge >= 0.3 is 8.80 Å². The molecule has 1 heterocycles. The number of fused-ring (bicyclic) bond motifs is 1. The molecule has 0 saturated carbocycles. The number of imide groups is 1. The van der Waals surface area contributed by atoms with Gasteiger partial charge in [-0.3, -0.25) is 14.5 Å². The molecule has 0 radical (unpaired) electrons. The molecule has 0 fully saturated rings. The zero-order valence-corrected chi connectivity index (χ0v) is 26.7. The lowest BCUT2D eigenvalue weighted by Crippen LogP contribution is -2.43. The van der Waals surface area contributed by atoms with Crippen LogP contribution < -0.4 is 0 Å². The third-order valence-electron chi connectivity index (χ3n) is 8.47. The van der Waals surface area contributed by atoms with Crippen molar-refractivity contribution in [2.24, 2.45) is 0 Å². The van der Waals surface area contributed by atoms with Crippen molar-refractivity contribution < 1.29 is 22.9 Å². The molecule has 0 spiro atoms. The Bertz CT molecular complexity index is 1680. The summed E-state index contributed by atoms with van der Waals surface area (Å²) in [4.78, 5) is 30.6. The first-order valence-corrected chi connectivity index (χ1v) is 16.9. The maximum atomic E-state index is 14.6. The largest absolute Gasteiger partial charge is 0.500 e. The van der Waals surface area contributed by atoms with Gasteiger partial charge in [-0.2, -0.15) is 0 Å². The third-order valence-corrected chi connectivity index (χ3v) is 11.3. The van der Waals surface area contributed by atoms with Crippen LogP contribution in [0.3, 0.4) is 0 Å². The highest BCUT2D eigenvalue weighted by Gasteiger charge is 2.44. The average Bonchev–Trinajstić information content (AvgIpc) is 3.35. The second-order valence-corrected chi connectivity index (χ2v) is 14.0. The predicted molar refractivity (Wildman–Crippen MR) is 180 cm³/mol. The Morgan fingerprint density at radius 1 is 0.467 bits per heavy atom. The fourth-order valence-electron chi connectivity index (χ4n) is 6.33. The summed E-state index contributed by atoms with van der Waals surface area (Å²) >= 11 is 0. The van der Waals surface area contributed by atoms with Crippen LogP contribution in [0, 0.1) is 0 Å². The predicted octanol–water partition coefficient (Wildman–Crippen LogP) is 8.22. The van der Waals surface area contributed by atoms with Gasteiger partial charge in [-0.1, -0.05) is 121 Å². The van der Waals surface area contributed by atoms with Gasteiger partial charge < -0.3 is 13.3 Å². The molecule has 45 heavy (non-hydrogen) atoms. The van der Waals surface area contributed by atoms with Gasteiger partial charge in [-0.25, -0.2) is 0 Å². The summed E-state index contributed by atoms with van der Waals surface area (Å²) < 4.78 is 16.8. The highest BCUT2D eigenvalue weighted by atomic mass is 28.4. The lowest BCUT2D eigenvalue weighted by Gasteiger charge is -2.25. The zero-order valence-electron chi connectivity index (χ0n) is 25.7. The van der Waals surface area contributed by atoms with E-state index in [4.69, 9.17) is 13.3 Å². The van der Waals surface area contributed by atoms with Crippen LogP contribution in [0.4, 0.5) is 0 Å². The molecule has 5 aromatic carbocycles. The van der Waals surface area contributed by atoms with E-state index < -0.39 is 8.80 Å². The first-order valence-electron chi connectivity index (χ1n) is 15.0. The molecule has 0 unspecified atom stereocenters. The van der Waals surface area contributed by atoms with Gasteiger partial charge in [0.25, 0.3) is 11.8 Å². The van der Waals surface area contributed by atoms with Crippen molar-refractivity contribution in [3.8, 4) is 44.5 Å². The normalized spacial score (nSPS) is 12.9. The summed E-state index contributed by atoms with van der Waals surface area (Å²) in [6, 6.07) is 40.5. The Hall–Kier alpha value is -4.66. The second-order valence-electron chi connectivity index (χ2n) is 10.9. The Balaban J connectivity index is 1.67. The van der Waals surface area contributed by atoms with Gasteiger partial charge in [0.15, 0.2) is 0 Å². The molecule has 0 atom stereocenters. The minimum absolute atomic E-state index is 0.209. The minimum Gasteiger partial charge on any atom is -0.377 e. The number of hydrogen-bond acceptors (Lipinski definition) is 5. The molecule has 0 bridgehead atoms. The average molecular weight is 614 g/mol. The van der Waals surface area contributed by atoms with E-state index >= 15 is 0 Å². The van der Waals surface area contributed by atoms with Crippen LogP contribution in [-0.4, -0.2) is 53.4 Å². The lowest BCUT2D eigenvalue weighted by molar-refractivity contribution is 0.0648. The van der Waals surface area contributed by atoms with Crippen molar-refractivity contribution in [3.63, 3.8) is 0 Å². The van der Waals surface area contributed by atoms with Crippen LogP contribution >= 0.6 is 0 Å². The van der Waals surface area contributed by atoms with Crippen molar-refractivity contribution in [1.29, 1.82) is 0 Å². The van der Waals surface area contributed by atoms with Crippen molar-refractivity contribution in [3.05, 3.63) is 132 Å². The maximum absolute atomic E-state index is 14.6. The highest BCUT2D eigenvalue weighted by Crippen LogP contribution is 2.51. The minimum atomic E-state index is -2.90. The van der Waals surface area contributed by atoms with Gasteiger partial charge in [0.05, 0.1) is 11.1 Å².